The number of esters is 1. The Balaban J connectivity index is 2.19. The Morgan fingerprint density at radius 1 is 1.31 bits per heavy atom. The Bertz CT molecular complexity index is 198. The maximum atomic E-state index is 11.4. The van der Waals surface area contributed by atoms with Gasteiger partial charge in [0.15, 0.2) is 0 Å². The van der Waals surface area contributed by atoms with Crippen LogP contribution in [0, 0.1) is 5.92 Å². The molecule has 1 rings (SSSR count). The highest BCUT2D eigenvalue weighted by Gasteiger charge is 2.17. The monoisotopic (exact) mass is 227 g/mol. The average Bonchev–Trinajstić information content (AvgIpc) is 2.54. The fraction of sp³-hybridized carbons (Fsp3) is 0.923. The first-order chi connectivity index (χ1) is 7.74. The summed E-state index contributed by atoms with van der Waals surface area (Å²) < 4.78 is 4.97. The number of ether oxygens (including phenoxy) is 1. The van der Waals surface area contributed by atoms with Gasteiger partial charge in [-0.3, -0.25) is 4.79 Å². The van der Waals surface area contributed by atoms with E-state index in [2.05, 4.69) is 5.32 Å². The largest absolute Gasteiger partial charge is 0.465 e. The topological polar surface area (TPSA) is 38.3 Å². The van der Waals surface area contributed by atoms with E-state index in [-0.39, 0.29) is 12.0 Å². The van der Waals surface area contributed by atoms with Gasteiger partial charge in [0, 0.05) is 0 Å². The Hall–Kier alpha value is -0.570. The summed E-state index contributed by atoms with van der Waals surface area (Å²) in [6.07, 6.45) is 8.07. The van der Waals surface area contributed by atoms with Crippen LogP contribution in [-0.4, -0.2) is 25.2 Å². The number of hydrogen-bond acceptors (Lipinski definition) is 3. The molecular weight excluding hydrogens is 202 g/mol. The van der Waals surface area contributed by atoms with Crippen molar-refractivity contribution in [2.75, 3.05) is 13.2 Å². The van der Waals surface area contributed by atoms with Gasteiger partial charge in [-0.1, -0.05) is 25.7 Å². The van der Waals surface area contributed by atoms with Crippen molar-refractivity contribution in [1.29, 1.82) is 0 Å². The van der Waals surface area contributed by atoms with Crippen molar-refractivity contribution < 1.29 is 9.53 Å². The molecule has 0 aromatic rings. The predicted molar refractivity (Wildman–Crippen MR) is 65.3 cm³/mol. The Kier molecular flexibility index (Phi) is 6.46. The summed E-state index contributed by atoms with van der Waals surface area (Å²) in [4.78, 5) is 11.4. The lowest BCUT2D eigenvalue weighted by Gasteiger charge is -2.18. The Labute approximate surface area is 98.9 Å². The van der Waals surface area contributed by atoms with Gasteiger partial charge < -0.3 is 10.1 Å². The molecule has 1 N–H and O–H groups in total. The quantitative estimate of drug-likeness (QED) is 0.579. The normalized spacial score (nSPS) is 20.1. The number of carbonyl (C=O) groups is 1. The van der Waals surface area contributed by atoms with Gasteiger partial charge in [-0.15, -0.1) is 0 Å². The molecule has 0 spiro atoms. The molecule has 1 aliphatic carbocycles. The summed E-state index contributed by atoms with van der Waals surface area (Å²) >= 11 is 0. The smallest absolute Gasteiger partial charge is 0.322 e. The molecule has 0 saturated heterocycles. The van der Waals surface area contributed by atoms with E-state index in [4.69, 9.17) is 4.74 Å². The van der Waals surface area contributed by atoms with Gasteiger partial charge in [0.2, 0.25) is 0 Å². The zero-order valence-corrected chi connectivity index (χ0v) is 10.6. The molecule has 0 heterocycles. The van der Waals surface area contributed by atoms with Crippen LogP contribution in [0.1, 0.15) is 52.4 Å². The first kappa shape index (κ1) is 13.5. The SMILES string of the molecule is CCOC(=O)C(C)NCC1CCCCCC1. The molecule has 0 bridgehead atoms. The van der Waals surface area contributed by atoms with Crippen molar-refractivity contribution in [3.8, 4) is 0 Å². The van der Waals surface area contributed by atoms with E-state index in [0.717, 1.165) is 12.5 Å². The number of carbonyl (C=O) groups excluding carboxylic acids is 1. The minimum absolute atomic E-state index is 0.129. The third kappa shape index (κ3) is 4.97. The van der Waals surface area contributed by atoms with Gasteiger partial charge in [-0.25, -0.2) is 0 Å². The lowest BCUT2D eigenvalue weighted by atomic mass is 10.0. The molecule has 0 aliphatic heterocycles. The van der Waals surface area contributed by atoms with Gasteiger partial charge in [0.25, 0.3) is 0 Å². The minimum Gasteiger partial charge on any atom is -0.465 e. The lowest BCUT2D eigenvalue weighted by molar-refractivity contribution is -0.145. The van der Waals surface area contributed by atoms with E-state index in [1.165, 1.54) is 38.5 Å². The Morgan fingerprint density at radius 2 is 1.94 bits per heavy atom. The first-order valence-corrected chi connectivity index (χ1v) is 6.64. The maximum Gasteiger partial charge on any atom is 0.322 e. The van der Waals surface area contributed by atoms with Crippen LogP contribution < -0.4 is 5.32 Å². The number of hydrogen-bond donors (Lipinski definition) is 1. The van der Waals surface area contributed by atoms with Crippen LogP contribution in [0.3, 0.4) is 0 Å². The lowest BCUT2D eigenvalue weighted by Crippen LogP contribution is -2.38. The van der Waals surface area contributed by atoms with Crippen LogP contribution in [0.4, 0.5) is 0 Å². The standard InChI is InChI=1S/C13H25NO2/c1-3-16-13(15)11(2)14-10-12-8-6-4-5-7-9-12/h11-12,14H,3-10H2,1-2H3. The molecule has 3 nitrogen and oxygen atoms in total. The van der Waals surface area contributed by atoms with Crippen molar-refractivity contribution in [2.45, 2.75) is 58.4 Å². The molecule has 0 aromatic heterocycles. The van der Waals surface area contributed by atoms with Gasteiger partial charge in [-0.2, -0.15) is 0 Å². The fourth-order valence-electron chi connectivity index (χ4n) is 2.26. The average molecular weight is 227 g/mol. The number of rotatable bonds is 5. The highest BCUT2D eigenvalue weighted by molar-refractivity contribution is 5.75. The molecule has 0 amide bonds. The molecular formula is C13H25NO2. The zero-order valence-electron chi connectivity index (χ0n) is 10.6. The summed E-state index contributed by atoms with van der Waals surface area (Å²) in [5, 5.41) is 3.29. The van der Waals surface area contributed by atoms with Crippen molar-refractivity contribution in [1.82, 2.24) is 5.32 Å². The first-order valence-electron chi connectivity index (χ1n) is 6.64. The second kappa shape index (κ2) is 7.66. The van der Waals surface area contributed by atoms with Crippen molar-refractivity contribution in [2.24, 2.45) is 5.92 Å². The molecule has 1 atom stereocenters. The van der Waals surface area contributed by atoms with E-state index in [9.17, 15) is 4.79 Å². The third-order valence-electron chi connectivity index (χ3n) is 3.33. The minimum atomic E-state index is -0.164. The van der Waals surface area contributed by atoms with Gasteiger partial charge in [-0.05, 0) is 39.2 Å². The molecule has 3 heteroatoms. The summed E-state index contributed by atoms with van der Waals surface area (Å²) in [7, 11) is 0. The van der Waals surface area contributed by atoms with Gasteiger partial charge in [0.1, 0.15) is 6.04 Å². The van der Waals surface area contributed by atoms with E-state index in [1.807, 2.05) is 13.8 Å². The van der Waals surface area contributed by atoms with Crippen LogP contribution in [0.15, 0.2) is 0 Å². The molecule has 16 heavy (non-hydrogen) atoms. The van der Waals surface area contributed by atoms with E-state index < -0.39 is 0 Å². The molecule has 1 fully saturated rings. The maximum absolute atomic E-state index is 11.4. The highest BCUT2D eigenvalue weighted by atomic mass is 16.5. The molecule has 0 aromatic carbocycles. The fourth-order valence-corrected chi connectivity index (χ4v) is 2.26. The van der Waals surface area contributed by atoms with E-state index in [0.29, 0.717) is 6.61 Å². The zero-order chi connectivity index (χ0) is 11.8. The molecule has 1 unspecified atom stereocenters. The number of nitrogens with one attached hydrogen (secondary N) is 1. The summed E-state index contributed by atoms with van der Waals surface area (Å²) in [6.45, 7) is 5.15. The summed E-state index contributed by atoms with van der Waals surface area (Å²) in [5.74, 6) is 0.621. The van der Waals surface area contributed by atoms with Crippen LogP contribution in [0.5, 0.6) is 0 Å². The summed E-state index contributed by atoms with van der Waals surface area (Å²) in [6, 6.07) is -0.164. The molecule has 1 aliphatic rings. The van der Waals surface area contributed by atoms with Crippen molar-refractivity contribution in [3.63, 3.8) is 0 Å². The van der Waals surface area contributed by atoms with Crippen LogP contribution in [0.2, 0.25) is 0 Å². The highest BCUT2D eigenvalue weighted by Crippen LogP contribution is 2.22. The predicted octanol–water partition coefficient (Wildman–Crippen LogP) is 2.50. The van der Waals surface area contributed by atoms with Crippen LogP contribution >= 0.6 is 0 Å². The molecule has 0 radical (unpaired) electrons. The second-order valence-electron chi connectivity index (χ2n) is 4.74. The Morgan fingerprint density at radius 3 is 2.50 bits per heavy atom. The summed E-state index contributed by atoms with van der Waals surface area (Å²) in [5.41, 5.74) is 0. The van der Waals surface area contributed by atoms with E-state index in [1.54, 1.807) is 0 Å². The van der Waals surface area contributed by atoms with Crippen LogP contribution in [0.25, 0.3) is 0 Å². The third-order valence-corrected chi connectivity index (χ3v) is 3.33. The molecule has 94 valence electrons. The van der Waals surface area contributed by atoms with Crippen LogP contribution in [-0.2, 0) is 9.53 Å². The second-order valence-corrected chi connectivity index (χ2v) is 4.74. The van der Waals surface area contributed by atoms with Crippen molar-refractivity contribution in [3.05, 3.63) is 0 Å². The van der Waals surface area contributed by atoms with Gasteiger partial charge in [0.05, 0.1) is 6.61 Å². The van der Waals surface area contributed by atoms with Crippen molar-refractivity contribution >= 4 is 5.97 Å². The molecule has 1 saturated carbocycles. The van der Waals surface area contributed by atoms with E-state index >= 15 is 0 Å². The van der Waals surface area contributed by atoms with Gasteiger partial charge >= 0.3 is 5.97 Å².